The first-order valence-corrected chi connectivity index (χ1v) is 5.81. The highest BCUT2D eigenvalue weighted by molar-refractivity contribution is 8.02. The minimum Gasteiger partial charge on any atom is -0.315 e. The van der Waals surface area contributed by atoms with Gasteiger partial charge in [-0.15, -0.1) is 23.1 Å². The average Bonchev–Trinajstić information content (AvgIpc) is 2.75. The molecule has 64 valence electrons. The third-order valence-electron chi connectivity index (χ3n) is 1.74. The van der Waals surface area contributed by atoms with Gasteiger partial charge in [-0.05, 0) is 23.8 Å². The molecule has 12 heavy (non-hydrogen) atoms. The molecule has 0 amide bonds. The van der Waals surface area contributed by atoms with Crippen LogP contribution in [0.15, 0.2) is 28.6 Å². The van der Waals surface area contributed by atoms with Crippen LogP contribution in [0.1, 0.15) is 10.9 Å². The molecule has 4 heteroatoms. The summed E-state index contributed by atoms with van der Waals surface area (Å²) in [5, 5.41) is 3.30. The summed E-state index contributed by atoms with van der Waals surface area (Å²) in [7, 11) is 0. The molecule has 0 aromatic carbocycles. The minimum absolute atomic E-state index is 0.354. The van der Waals surface area contributed by atoms with Crippen molar-refractivity contribution >= 4 is 23.1 Å². The molecule has 0 spiro atoms. The third kappa shape index (κ3) is 1.50. The molecule has 1 atom stereocenters. The number of hydrogen-bond acceptors (Lipinski definition) is 4. The largest absolute Gasteiger partial charge is 0.315 e. The molecule has 0 fully saturated rings. The van der Waals surface area contributed by atoms with Gasteiger partial charge in [0.15, 0.2) is 0 Å². The van der Waals surface area contributed by atoms with Crippen molar-refractivity contribution < 1.29 is 0 Å². The first kappa shape index (κ1) is 8.16. The Morgan fingerprint density at radius 2 is 2.50 bits per heavy atom. The van der Waals surface area contributed by atoms with E-state index < -0.39 is 0 Å². The van der Waals surface area contributed by atoms with E-state index in [9.17, 15) is 0 Å². The van der Waals surface area contributed by atoms with Gasteiger partial charge in [-0.2, -0.15) is 0 Å². The van der Waals surface area contributed by atoms with E-state index in [2.05, 4.69) is 40.7 Å². The molecule has 0 saturated carbocycles. The Balaban J connectivity index is 2.13. The molecule has 0 radical (unpaired) electrons. The van der Waals surface area contributed by atoms with Crippen LogP contribution >= 0.6 is 23.1 Å². The summed E-state index contributed by atoms with van der Waals surface area (Å²) in [6.45, 7) is 0. The molecule has 2 heterocycles. The van der Waals surface area contributed by atoms with Crippen LogP contribution in [0, 0.1) is 0 Å². The molecule has 2 N–H and O–H groups in total. The van der Waals surface area contributed by atoms with E-state index >= 15 is 0 Å². The van der Waals surface area contributed by atoms with Crippen molar-refractivity contribution in [1.29, 1.82) is 0 Å². The van der Waals surface area contributed by atoms with Gasteiger partial charge >= 0.3 is 0 Å². The van der Waals surface area contributed by atoms with Crippen LogP contribution in [0.25, 0.3) is 0 Å². The fraction of sp³-hybridized carbons (Fsp3) is 0.250. The first-order valence-electron chi connectivity index (χ1n) is 3.71. The van der Waals surface area contributed by atoms with Crippen LogP contribution in [0.4, 0.5) is 0 Å². The molecule has 0 saturated heterocycles. The summed E-state index contributed by atoms with van der Waals surface area (Å²) >= 11 is 3.50. The molecule has 1 aromatic heterocycles. The summed E-state index contributed by atoms with van der Waals surface area (Å²) in [6, 6.07) is 4.57. The lowest BCUT2D eigenvalue weighted by Gasteiger charge is -2.04. The maximum absolute atomic E-state index is 3.21. The Kier molecular flexibility index (Phi) is 2.39. The van der Waals surface area contributed by atoms with E-state index in [0.717, 1.165) is 0 Å². The number of thiophene rings is 1. The van der Waals surface area contributed by atoms with Crippen LogP contribution < -0.4 is 10.9 Å². The monoisotopic (exact) mass is 198 g/mol. The third-order valence-corrected chi connectivity index (χ3v) is 3.37. The predicted octanol–water partition coefficient (Wildman–Crippen LogP) is 2.10. The second-order valence-electron chi connectivity index (χ2n) is 2.50. The zero-order chi connectivity index (χ0) is 8.39. The zero-order valence-electron chi connectivity index (χ0n) is 6.70. The molecule has 2 rings (SSSR count). The smallest absolute Gasteiger partial charge is 0.0811 e. The SMILES string of the molecule is CSC1=CC(c2cccs2)NN1. The van der Waals surface area contributed by atoms with Crippen molar-refractivity contribution in [3.05, 3.63) is 33.5 Å². The Labute approximate surface area is 80.0 Å². The van der Waals surface area contributed by atoms with Gasteiger partial charge in [0.05, 0.1) is 11.1 Å². The van der Waals surface area contributed by atoms with Crippen molar-refractivity contribution in [2.24, 2.45) is 0 Å². The maximum Gasteiger partial charge on any atom is 0.0811 e. The van der Waals surface area contributed by atoms with Crippen LogP contribution in [-0.4, -0.2) is 6.26 Å². The van der Waals surface area contributed by atoms with Crippen molar-refractivity contribution in [3.8, 4) is 0 Å². The molecule has 1 aliphatic heterocycles. The van der Waals surface area contributed by atoms with Gasteiger partial charge in [0.25, 0.3) is 0 Å². The van der Waals surface area contributed by atoms with Gasteiger partial charge in [0.1, 0.15) is 0 Å². The lowest BCUT2D eigenvalue weighted by atomic mass is 10.2. The van der Waals surface area contributed by atoms with Crippen LogP contribution in [0.5, 0.6) is 0 Å². The molecule has 0 bridgehead atoms. The normalized spacial score (nSPS) is 22.1. The fourth-order valence-electron chi connectivity index (χ4n) is 1.12. The number of hydrogen-bond donors (Lipinski definition) is 2. The predicted molar refractivity (Wildman–Crippen MR) is 54.9 cm³/mol. The molecule has 2 nitrogen and oxygen atoms in total. The van der Waals surface area contributed by atoms with Crippen molar-refractivity contribution in [2.45, 2.75) is 6.04 Å². The second-order valence-corrected chi connectivity index (χ2v) is 4.32. The van der Waals surface area contributed by atoms with Crippen LogP contribution in [0.2, 0.25) is 0 Å². The van der Waals surface area contributed by atoms with Gasteiger partial charge in [0, 0.05) is 4.88 Å². The van der Waals surface area contributed by atoms with Crippen molar-refractivity contribution in [3.63, 3.8) is 0 Å². The van der Waals surface area contributed by atoms with Crippen molar-refractivity contribution in [1.82, 2.24) is 10.9 Å². The highest BCUT2D eigenvalue weighted by Crippen LogP contribution is 2.25. The van der Waals surface area contributed by atoms with Gasteiger partial charge in [-0.1, -0.05) is 6.07 Å². The number of nitrogens with one attached hydrogen (secondary N) is 2. The highest BCUT2D eigenvalue weighted by Gasteiger charge is 2.15. The standard InChI is InChI=1S/C8H10N2S2/c1-11-8-5-6(9-10-8)7-3-2-4-12-7/h2-6,9-10H,1H3. The van der Waals surface area contributed by atoms with E-state index in [-0.39, 0.29) is 0 Å². The summed E-state index contributed by atoms with van der Waals surface area (Å²) in [5.41, 5.74) is 6.33. The Bertz CT molecular complexity index is 279. The van der Waals surface area contributed by atoms with Gasteiger partial charge in [0.2, 0.25) is 0 Å². The first-order chi connectivity index (χ1) is 5.90. The average molecular weight is 198 g/mol. The van der Waals surface area contributed by atoms with E-state index in [0.29, 0.717) is 6.04 Å². The quantitative estimate of drug-likeness (QED) is 0.761. The lowest BCUT2D eigenvalue weighted by molar-refractivity contribution is 0.614. The van der Waals surface area contributed by atoms with Gasteiger partial charge in [-0.3, -0.25) is 0 Å². The number of rotatable bonds is 2. The summed E-state index contributed by atoms with van der Waals surface area (Å²) < 4.78 is 0. The topological polar surface area (TPSA) is 24.1 Å². The molecule has 1 aliphatic rings. The van der Waals surface area contributed by atoms with Crippen LogP contribution in [0.3, 0.4) is 0 Å². The van der Waals surface area contributed by atoms with E-state index in [1.165, 1.54) is 9.91 Å². The highest BCUT2D eigenvalue weighted by atomic mass is 32.2. The molecular weight excluding hydrogens is 188 g/mol. The van der Waals surface area contributed by atoms with Gasteiger partial charge < -0.3 is 5.43 Å². The van der Waals surface area contributed by atoms with Crippen LogP contribution in [-0.2, 0) is 0 Å². The lowest BCUT2D eigenvalue weighted by Crippen LogP contribution is -2.25. The second kappa shape index (κ2) is 3.51. The van der Waals surface area contributed by atoms with Gasteiger partial charge in [-0.25, -0.2) is 5.43 Å². The van der Waals surface area contributed by atoms with E-state index in [1.807, 2.05) is 0 Å². The maximum atomic E-state index is 3.21. The summed E-state index contributed by atoms with van der Waals surface area (Å²) in [6.07, 6.45) is 4.27. The number of hydrazine groups is 1. The number of thioether (sulfide) groups is 1. The van der Waals surface area contributed by atoms with E-state index in [4.69, 9.17) is 0 Å². The molecule has 1 unspecified atom stereocenters. The zero-order valence-corrected chi connectivity index (χ0v) is 8.34. The molecule has 0 aliphatic carbocycles. The Hall–Kier alpha value is -0.450. The fourth-order valence-corrected chi connectivity index (χ4v) is 2.30. The summed E-state index contributed by atoms with van der Waals surface area (Å²) in [4.78, 5) is 1.35. The van der Waals surface area contributed by atoms with E-state index in [1.54, 1.807) is 23.1 Å². The van der Waals surface area contributed by atoms with Crippen molar-refractivity contribution in [2.75, 3.05) is 6.26 Å². The molecular formula is C8H10N2S2. The Morgan fingerprint density at radius 3 is 3.08 bits per heavy atom. The summed E-state index contributed by atoms with van der Waals surface area (Å²) in [5.74, 6) is 0. The molecule has 1 aromatic rings. The minimum atomic E-state index is 0.354. The Morgan fingerprint density at radius 1 is 1.58 bits per heavy atom.